The Hall–Kier alpha value is -1.12. The fraction of sp³-hybridized carbons (Fsp3) is 0.562. The average molecular weight is 341 g/mol. The highest BCUT2D eigenvalue weighted by atomic mass is 32.2. The highest BCUT2D eigenvalue weighted by molar-refractivity contribution is 7.99. The van der Waals surface area contributed by atoms with Crippen LogP contribution in [0.25, 0.3) is 0 Å². The van der Waals surface area contributed by atoms with Gasteiger partial charge in [0.1, 0.15) is 0 Å². The maximum absolute atomic E-state index is 13.3. The molecule has 2 rings (SSSR count). The fourth-order valence-corrected chi connectivity index (χ4v) is 4.34. The van der Waals surface area contributed by atoms with Gasteiger partial charge in [-0.1, -0.05) is 0 Å². The molecule has 1 unspecified atom stereocenters. The van der Waals surface area contributed by atoms with Crippen molar-refractivity contribution in [3.05, 3.63) is 24.3 Å². The first-order valence-electron chi connectivity index (χ1n) is 8.02. The first kappa shape index (κ1) is 18.2. The lowest BCUT2D eigenvalue weighted by Gasteiger charge is -2.27. The second-order valence-electron chi connectivity index (χ2n) is 5.55. The molecule has 23 heavy (non-hydrogen) atoms. The molecule has 0 spiro atoms. The summed E-state index contributed by atoms with van der Waals surface area (Å²) in [5.74, 6) is 0. The van der Waals surface area contributed by atoms with E-state index in [9.17, 15) is 4.21 Å². The Morgan fingerprint density at radius 1 is 1.30 bits per heavy atom. The van der Waals surface area contributed by atoms with Crippen LogP contribution in [-0.2, 0) is 14.4 Å². The number of hydrogen-bond acceptors (Lipinski definition) is 5. The number of nitrogens with two attached hydrogens (primary N) is 1. The third-order valence-electron chi connectivity index (χ3n) is 3.79. The number of aliphatic hydroxyl groups is 1. The zero-order valence-electron chi connectivity index (χ0n) is 13.4. The number of hydrogen-bond donors (Lipinski definition) is 3. The molecule has 1 aliphatic heterocycles. The van der Waals surface area contributed by atoms with E-state index in [4.69, 9.17) is 15.6 Å². The first-order valence-corrected chi connectivity index (χ1v) is 9.65. The summed E-state index contributed by atoms with van der Waals surface area (Å²) in [5.41, 5.74) is 6.37. The number of benzene rings is 1. The molecule has 0 radical (unpaired) electrons. The number of nitrogens with zero attached hydrogens (tertiary/aromatic N) is 1. The molecule has 0 aromatic heterocycles. The van der Waals surface area contributed by atoms with Crippen molar-refractivity contribution in [2.45, 2.75) is 17.7 Å². The van der Waals surface area contributed by atoms with Gasteiger partial charge in [0.05, 0.1) is 22.9 Å². The smallest absolute Gasteiger partial charge is 0.0594 e. The van der Waals surface area contributed by atoms with E-state index in [0.29, 0.717) is 25.1 Å². The fourth-order valence-electron chi connectivity index (χ4n) is 2.43. The molecular weight excluding hydrogens is 314 g/mol. The molecule has 1 atom stereocenters. The zero-order chi connectivity index (χ0) is 16.5. The number of anilines is 1. The van der Waals surface area contributed by atoms with Crippen molar-refractivity contribution in [1.29, 1.82) is 0 Å². The SMILES string of the molecule is Nc1ccc(S(=O)(=CCCCO)NCCN2CCOCC2)cc1. The summed E-state index contributed by atoms with van der Waals surface area (Å²) in [4.78, 5) is 3.03. The second kappa shape index (κ2) is 9.24. The largest absolute Gasteiger partial charge is 0.399 e. The van der Waals surface area contributed by atoms with E-state index in [-0.39, 0.29) is 6.61 Å². The standard InChI is InChI=1S/C16H27N3O3S/c17-15-3-5-16(6-4-15)23(21,14-2-1-11-20)18-7-8-19-9-12-22-13-10-19/h3-6,14,20H,1-2,7-13,17H2,(H,18,21). The quantitative estimate of drug-likeness (QED) is 0.360. The third kappa shape index (κ3) is 5.78. The number of rotatable bonds is 8. The van der Waals surface area contributed by atoms with Crippen LogP contribution in [0, 0.1) is 0 Å². The summed E-state index contributed by atoms with van der Waals surface area (Å²) >= 11 is 0. The molecule has 130 valence electrons. The molecule has 6 nitrogen and oxygen atoms in total. The second-order valence-corrected chi connectivity index (χ2v) is 7.85. The lowest BCUT2D eigenvalue weighted by Crippen LogP contribution is -2.41. The van der Waals surface area contributed by atoms with E-state index in [0.717, 1.165) is 37.7 Å². The lowest BCUT2D eigenvalue weighted by atomic mass is 10.3. The van der Waals surface area contributed by atoms with Crippen LogP contribution in [0.15, 0.2) is 29.2 Å². The summed E-state index contributed by atoms with van der Waals surface area (Å²) in [6.07, 6.45) is 1.21. The normalized spacial score (nSPS) is 18.5. The minimum atomic E-state index is -2.46. The Morgan fingerprint density at radius 3 is 2.65 bits per heavy atom. The number of ether oxygens (including phenoxy) is 1. The molecule has 1 heterocycles. The van der Waals surface area contributed by atoms with E-state index in [1.54, 1.807) is 29.6 Å². The van der Waals surface area contributed by atoms with Crippen molar-refractivity contribution >= 4 is 20.8 Å². The lowest BCUT2D eigenvalue weighted by molar-refractivity contribution is 0.0390. The number of unbranched alkanes of at least 4 members (excludes halogenated alkanes) is 1. The van der Waals surface area contributed by atoms with Gasteiger partial charge in [0.2, 0.25) is 0 Å². The maximum Gasteiger partial charge on any atom is 0.0594 e. The van der Waals surface area contributed by atoms with Gasteiger partial charge < -0.3 is 15.6 Å². The Bertz CT molecular complexity index is 577. The van der Waals surface area contributed by atoms with E-state index >= 15 is 0 Å². The monoisotopic (exact) mass is 341 g/mol. The molecule has 1 aliphatic rings. The van der Waals surface area contributed by atoms with Crippen molar-refractivity contribution in [3.8, 4) is 0 Å². The van der Waals surface area contributed by atoms with E-state index in [1.807, 2.05) is 0 Å². The molecule has 1 aromatic carbocycles. The summed E-state index contributed by atoms with van der Waals surface area (Å²) < 4.78 is 21.8. The topological polar surface area (TPSA) is 87.8 Å². The van der Waals surface area contributed by atoms with Crippen molar-refractivity contribution in [2.24, 2.45) is 0 Å². The van der Waals surface area contributed by atoms with E-state index in [1.165, 1.54) is 0 Å². The molecule has 0 saturated carbocycles. The van der Waals surface area contributed by atoms with Crippen molar-refractivity contribution in [2.75, 3.05) is 51.7 Å². The van der Waals surface area contributed by atoms with Crippen LogP contribution < -0.4 is 10.5 Å². The maximum atomic E-state index is 13.3. The van der Waals surface area contributed by atoms with E-state index < -0.39 is 9.71 Å². The van der Waals surface area contributed by atoms with Crippen LogP contribution in [0.1, 0.15) is 12.8 Å². The third-order valence-corrected chi connectivity index (χ3v) is 6.10. The Balaban J connectivity index is 2.02. The van der Waals surface area contributed by atoms with Gasteiger partial charge in [0.25, 0.3) is 0 Å². The van der Waals surface area contributed by atoms with Gasteiger partial charge in [-0.05, 0) is 42.5 Å². The van der Waals surface area contributed by atoms with Crippen LogP contribution in [0.2, 0.25) is 0 Å². The summed E-state index contributed by atoms with van der Waals surface area (Å²) in [5, 5.41) is 10.7. The molecule has 0 amide bonds. The molecule has 1 saturated heterocycles. The van der Waals surface area contributed by atoms with Crippen molar-refractivity contribution < 1.29 is 14.1 Å². The van der Waals surface area contributed by atoms with Gasteiger partial charge in [-0.2, -0.15) is 0 Å². The van der Waals surface area contributed by atoms with Crippen LogP contribution in [0.3, 0.4) is 0 Å². The van der Waals surface area contributed by atoms with Gasteiger partial charge in [0.15, 0.2) is 0 Å². The summed E-state index contributed by atoms with van der Waals surface area (Å²) in [6.45, 7) is 4.92. The van der Waals surface area contributed by atoms with E-state index in [2.05, 4.69) is 9.62 Å². The van der Waals surface area contributed by atoms with Gasteiger partial charge in [-0.25, -0.2) is 8.93 Å². The van der Waals surface area contributed by atoms with Crippen LogP contribution in [0.5, 0.6) is 0 Å². The van der Waals surface area contributed by atoms with Gasteiger partial charge in [0, 0.05) is 43.4 Å². The van der Waals surface area contributed by atoms with Gasteiger partial charge in [-0.3, -0.25) is 4.90 Å². The first-order chi connectivity index (χ1) is 11.1. The molecular formula is C16H27N3O3S. The van der Waals surface area contributed by atoms with Gasteiger partial charge in [-0.15, -0.1) is 0 Å². The number of morpholine rings is 1. The van der Waals surface area contributed by atoms with Gasteiger partial charge >= 0.3 is 0 Å². The van der Waals surface area contributed by atoms with Crippen LogP contribution in [0.4, 0.5) is 5.69 Å². The molecule has 4 N–H and O–H groups in total. The minimum Gasteiger partial charge on any atom is -0.399 e. The zero-order valence-corrected chi connectivity index (χ0v) is 14.3. The highest BCUT2D eigenvalue weighted by Crippen LogP contribution is 2.13. The molecule has 7 heteroatoms. The van der Waals surface area contributed by atoms with Crippen LogP contribution >= 0.6 is 0 Å². The summed E-state index contributed by atoms with van der Waals surface area (Å²) in [6, 6.07) is 7.13. The minimum absolute atomic E-state index is 0.0987. The molecule has 1 fully saturated rings. The summed E-state index contributed by atoms with van der Waals surface area (Å²) in [7, 11) is -2.46. The Labute approximate surface area is 138 Å². The highest BCUT2D eigenvalue weighted by Gasteiger charge is 2.13. The van der Waals surface area contributed by atoms with Crippen molar-refractivity contribution in [3.63, 3.8) is 0 Å². The molecule has 1 aromatic rings. The Kier molecular flexibility index (Phi) is 7.32. The Morgan fingerprint density at radius 2 is 2.00 bits per heavy atom. The number of nitrogen functional groups attached to an aromatic ring is 1. The van der Waals surface area contributed by atoms with Crippen LogP contribution in [-0.4, -0.2) is 65.6 Å². The predicted molar refractivity (Wildman–Crippen MR) is 94.9 cm³/mol. The number of nitrogens with one attached hydrogen (secondary N) is 1. The van der Waals surface area contributed by atoms with Crippen molar-refractivity contribution in [1.82, 2.24) is 9.62 Å². The molecule has 0 bridgehead atoms. The predicted octanol–water partition coefficient (Wildman–Crippen LogP) is 0.324. The number of aliphatic hydroxyl groups excluding tert-OH is 1. The molecule has 0 aliphatic carbocycles. The average Bonchev–Trinajstić information content (AvgIpc) is 2.57.